The molecule has 2 aromatic heterocycles. The van der Waals surface area contributed by atoms with Crippen LogP contribution in [-0.2, 0) is 16.1 Å². The first-order valence-corrected chi connectivity index (χ1v) is 11.1. The number of benzene rings is 2. The predicted octanol–water partition coefficient (Wildman–Crippen LogP) is 5.66. The van der Waals surface area contributed by atoms with Gasteiger partial charge in [0.25, 0.3) is 5.91 Å². The van der Waals surface area contributed by atoms with Crippen molar-refractivity contribution in [1.29, 1.82) is 0 Å². The van der Waals surface area contributed by atoms with Crippen molar-refractivity contribution in [2.24, 2.45) is 0 Å². The van der Waals surface area contributed by atoms with Crippen molar-refractivity contribution in [3.8, 4) is 11.3 Å². The van der Waals surface area contributed by atoms with Crippen LogP contribution in [-0.4, -0.2) is 23.9 Å². The third kappa shape index (κ3) is 4.38. The Morgan fingerprint density at radius 3 is 2.66 bits per heavy atom. The average Bonchev–Trinajstić information content (AvgIpc) is 3.33. The number of fused-ring (bicyclic) bond motifs is 1. The van der Waals surface area contributed by atoms with Gasteiger partial charge in [-0.05, 0) is 30.3 Å². The van der Waals surface area contributed by atoms with Gasteiger partial charge in [0.2, 0.25) is 5.91 Å². The molecule has 0 aliphatic carbocycles. The van der Waals surface area contributed by atoms with E-state index in [9.17, 15) is 18.4 Å². The zero-order chi connectivity index (χ0) is 22.8. The molecule has 0 unspecified atom stereocenters. The minimum Gasteiger partial charge on any atom is -0.380 e. The largest absolute Gasteiger partial charge is 0.380 e. The summed E-state index contributed by atoms with van der Waals surface area (Å²) in [5.41, 5.74) is 1.39. The molecule has 2 N–H and O–H groups in total. The number of carbonyl (C=O) groups is 2. The van der Waals surface area contributed by atoms with E-state index in [1.165, 1.54) is 43.6 Å². The molecule has 0 radical (unpaired) electrons. The quantitative estimate of drug-likeness (QED) is 0.379. The van der Waals surface area contributed by atoms with E-state index >= 15 is 0 Å². The van der Waals surface area contributed by atoms with Gasteiger partial charge in [0.1, 0.15) is 11.6 Å². The first-order chi connectivity index (χ1) is 15.4. The number of methoxy groups -OCH3 is 1. The van der Waals surface area contributed by atoms with Crippen molar-refractivity contribution < 1.29 is 23.1 Å². The van der Waals surface area contributed by atoms with Crippen LogP contribution in [0.1, 0.15) is 22.2 Å². The van der Waals surface area contributed by atoms with Crippen molar-refractivity contribution in [3.63, 3.8) is 0 Å². The second-order valence-electron chi connectivity index (χ2n) is 6.82. The number of anilines is 2. The molecule has 0 saturated carbocycles. The van der Waals surface area contributed by atoms with Crippen molar-refractivity contribution in [2.45, 2.75) is 13.5 Å². The van der Waals surface area contributed by atoms with Crippen LogP contribution in [0.2, 0.25) is 0 Å². The summed E-state index contributed by atoms with van der Waals surface area (Å²) in [6.07, 6.45) is 0. The number of nitrogens with one attached hydrogen (secondary N) is 2. The first-order valence-electron chi connectivity index (χ1n) is 9.40. The molecule has 0 fully saturated rings. The van der Waals surface area contributed by atoms with E-state index in [-0.39, 0.29) is 23.2 Å². The molecule has 0 spiro atoms. The Labute approximate surface area is 189 Å². The Morgan fingerprint density at radius 2 is 1.94 bits per heavy atom. The molecule has 32 heavy (non-hydrogen) atoms. The summed E-state index contributed by atoms with van der Waals surface area (Å²) in [6.45, 7) is 1.42. The Hall–Kier alpha value is -3.21. The van der Waals surface area contributed by atoms with Gasteiger partial charge in [-0.2, -0.15) is 0 Å². The molecule has 4 aromatic rings. The molecule has 0 aliphatic heterocycles. The second kappa shape index (κ2) is 9.11. The van der Waals surface area contributed by atoms with E-state index in [0.717, 1.165) is 11.3 Å². The van der Waals surface area contributed by atoms with Gasteiger partial charge in [0, 0.05) is 46.3 Å². The van der Waals surface area contributed by atoms with Gasteiger partial charge in [-0.1, -0.05) is 6.07 Å². The lowest BCUT2D eigenvalue weighted by Crippen LogP contribution is -2.12. The van der Waals surface area contributed by atoms with Crippen LogP contribution in [0.15, 0.2) is 41.8 Å². The third-order valence-corrected chi connectivity index (χ3v) is 6.50. The summed E-state index contributed by atoms with van der Waals surface area (Å²) in [6, 6.07) is 8.96. The predicted molar refractivity (Wildman–Crippen MR) is 122 cm³/mol. The molecule has 2 aromatic carbocycles. The van der Waals surface area contributed by atoms with E-state index in [0.29, 0.717) is 31.9 Å². The van der Waals surface area contributed by atoms with Crippen LogP contribution < -0.4 is 10.6 Å². The van der Waals surface area contributed by atoms with Gasteiger partial charge in [-0.3, -0.25) is 14.9 Å². The van der Waals surface area contributed by atoms with Gasteiger partial charge < -0.3 is 10.1 Å². The van der Waals surface area contributed by atoms with Gasteiger partial charge in [0.05, 0.1) is 17.2 Å². The van der Waals surface area contributed by atoms with Crippen LogP contribution in [0.5, 0.6) is 0 Å². The van der Waals surface area contributed by atoms with Gasteiger partial charge in [-0.15, -0.1) is 22.7 Å². The van der Waals surface area contributed by atoms with E-state index in [4.69, 9.17) is 4.74 Å². The van der Waals surface area contributed by atoms with Crippen LogP contribution in [0.3, 0.4) is 0 Å². The molecule has 0 aliphatic rings. The number of halogens is 2. The zero-order valence-electron chi connectivity index (χ0n) is 17.0. The SMILES string of the molecule is COCc1c(C(=O)Nc2nc(-c3ccc(NC(C)=O)cc3F)cs2)sc2cccc(F)c12. The fourth-order valence-electron chi connectivity index (χ4n) is 3.25. The normalized spacial score (nSPS) is 11.0. The minimum atomic E-state index is -0.554. The van der Waals surface area contributed by atoms with Crippen LogP contribution in [0, 0.1) is 11.6 Å². The van der Waals surface area contributed by atoms with Gasteiger partial charge >= 0.3 is 0 Å². The van der Waals surface area contributed by atoms with Gasteiger partial charge in [-0.25, -0.2) is 13.8 Å². The fourth-order valence-corrected chi connectivity index (χ4v) is 5.07. The maximum atomic E-state index is 14.5. The molecule has 0 atom stereocenters. The van der Waals surface area contributed by atoms with E-state index in [2.05, 4.69) is 15.6 Å². The molecular formula is C22H17F2N3O3S2. The summed E-state index contributed by atoms with van der Waals surface area (Å²) < 4.78 is 34.7. The number of nitrogens with zero attached hydrogens (tertiary/aromatic N) is 1. The summed E-state index contributed by atoms with van der Waals surface area (Å²) in [5.74, 6) is -1.72. The number of aromatic nitrogens is 1. The summed E-state index contributed by atoms with van der Waals surface area (Å²) in [4.78, 5) is 28.7. The van der Waals surface area contributed by atoms with Gasteiger partial charge in [0.15, 0.2) is 5.13 Å². The maximum absolute atomic E-state index is 14.5. The number of hydrogen-bond donors (Lipinski definition) is 2. The molecule has 6 nitrogen and oxygen atoms in total. The molecule has 2 heterocycles. The number of thiazole rings is 1. The van der Waals surface area contributed by atoms with E-state index < -0.39 is 17.5 Å². The Bertz CT molecular complexity index is 1330. The Morgan fingerprint density at radius 1 is 1.12 bits per heavy atom. The molecule has 2 amide bonds. The Balaban J connectivity index is 1.59. The van der Waals surface area contributed by atoms with Crippen molar-refractivity contribution in [2.75, 3.05) is 17.7 Å². The first kappa shape index (κ1) is 22.0. The highest BCUT2D eigenvalue weighted by Gasteiger charge is 2.22. The molecule has 0 bridgehead atoms. The lowest BCUT2D eigenvalue weighted by atomic mass is 10.1. The fraction of sp³-hybridized carbons (Fsp3) is 0.136. The standard InChI is InChI=1S/C22H17F2N3O3S2/c1-11(28)25-12-6-7-13(16(24)8-12)17-10-31-22(26-17)27-21(29)20-14(9-30-2)19-15(23)4-3-5-18(19)32-20/h3-8,10H,9H2,1-2H3,(H,25,28)(H,26,27,29). The Kier molecular flexibility index (Phi) is 6.26. The highest BCUT2D eigenvalue weighted by Crippen LogP contribution is 2.35. The molecule has 0 saturated heterocycles. The summed E-state index contributed by atoms with van der Waals surface area (Å²) >= 11 is 2.31. The zero-order valence-corrected chi connectivity index (χ0v) is 18.6. The minimum absolute atomic E-state index is 0.0820. The second-order valence-corrected chi connectivity index (χ2v) is 8.73. The number of ether oxygens (including phenoxy) is 1. The van der Waals surface area contributed by atoms with E-state index in [1.54, 1.807) is 23.6 Å². The molecule has 10 heteroatoms. The highest BCUT2D eigenvalue weighted by molar-refractivity contribution is 7.21. The summed E-state index contributed by atoms with van der Waals surface area (Å²) in [7, 11) is 1.48. The van der Waals surface area contributed by atoms with Crippen LogP contribution in [0.4, 0.5) is 19.6 Å². The topological polar surface area (TPSA) is 80.3 Å². The lowest BCUT2D eigenvalue weighted by Gasteiger charge is -2.05. The average molecular weight is 474 g/mol. The monoisotopic (exact) mass is 473 g/mol. The highest BCUT2D eigenvalue weighted by atomic mass is 32.1. The van der Waals surface area contributed by atoms with Crippen molar-refractivity contribution >= 4 is 55.4 Å². The third-order valence-electron chi connectivity index (χ3n) is 4.55. The molecule has 164 valence electrons. The smallest absolute Gasteiger partial charge is 0.267 e. The molecule has 4 rings (SSSR count). The van der Waals surface area contributed by atoms with Crippen molar-refractivity contribution in [1.82, 2.24) is 4.98 Å². The van der Waals surface area contributed by atoms with Crippen molar-refractivity contribution in [3.05, 3.63) is 63.9 Å². The number of hydrogen-bond acceptors (Lipinski definition) is 6. The summed E-state index contributed by atoms with van der Waals surface area (Å²) in [5, 5.41) is 7.48. The number of carbonyl (C=O) groups excluding carboxylic acids is 2. The van der Waals surface area contributed by atoms with E-state index in [1.807, 2.05) is 0 Å². The van der Waals surface area contributed by atoms with Crippen LogP contribution >= 0.6 is 22.7 Å². The van der Waals surface area contributed by atoms with Crippen LogP contribution in [0.25, 0.3) is 21.3 Å². The number of amides is 2. The molecular weight excluding hydrogens is 456 g/mol. The number of thiophene rings is 1. The maximum Gasteiger partial charge on any atom is 0.267 e. The number of rotatable bonds is 6. The lowest BCUT2D eigenvalue weighted by molar-refractivity contribution is -0.114.